The van der Waals surface area contributed by atoms with Crippen LogP contribution in [0.15, 0.2) is 366 Å². The number of imidazole rings is 1. The van der Waals surface area contributed by atoms with Gasteiger partial charge in [-0.1, -0.05) is 30.3 Å². The molecule has 0 fully saturated rings. The van der Waals surface area contributed by atoms with E-state index in [1.807, 2.05) is 139 Å². The van der Waals surface area contributed by atoms with E-state index in [2.05, 4.69) is 139 Å². The summed E-state index contributed by atoms with van der Waals surface area (Å²) in [5.41, 5.74) is 3.36. The zero-order valence-electron chi connectivity index (χ0n) is 47.8. The van der Waals surface area contributed by atoms with Crippen molar-refractivity contribution in [2.75, 3.05) is 13.1 Å². The minimum Gasteiger partial charge on any atom is -0.473 e. The number of allylic oxidation sites excluding steroid dienone is 1. The highest BCUT2D eigenvalue weighted by molar-refractivity contribution is 7.07. The van der Waals surface area contributed by atoms with Gasteiger partial charge in [-0.15, -0.1) is 26.6 Å². The molecule has 0 unspecified atom stereocenters. The van der Waals surface area contributed by atoms with Gasteiger partial charge in [0.1, 0.15) is 29.9 Å². The molecule has 0 bridgehead atoms. The van der Waals surface area contributed by atoms with Gasteiger partial charge in [0.2, 0.25) is 0 Å². The molecule has 0 saturated carbocycles. The molecule has 0 aliphatic carbocycles. The lowest BCUT2D eigenvalue weighted by Gasteiger charge is -1.70. The molecule has 4 N–H and O–H groups in total. The van der Waals surface area contributed by atoms with Gasteiger partial charge in [-0.3, -0.25) is 35.0 Å². The summed E-state index contributed by atoms with van der Waals surface area (Å²) in [7, 11) is 0. The maximum Gasteiger partial charge on any atom is 0.180 e. The highest BCUT2D eigenvalue weighted by Crippen LogP contribution is 1.92. The summed E-state index contributed by atoms with van der Waals surface area (Å²) < 4.78 is 18.1. The predicted molar refractivity (Wildman–Crippen MR) is 344 cm³/mol. The lowest BCUT2D eigenvalue weighted by Crippen LogP contribution is -1.69. The molecular formula is C59H66N24O4S2. The number of thiophene rings is 1. The second-order valence-corrected chi connectivity index (χ2v) is 15.2. The number of H-pyrrole nitrogens is 4. The van der Waals surface area contributed by atoms with Crippen molar-refractivity contribution >= 4 is 47.7 Å². The third kappa shape index (κ3) is 69.8. The molecule has 0 spiro atoms. The summed E-state index contributed by atoms with van der Waals surface area (Å²) >= 11 is 3.20. The van der Waals surface area contributed by atoms with Gasteiger partial charge in [-0.05, 0) is 94.8 Å². The van der Waals surface area contributed by atoms with Crippen LogP contribution in [0.1, 0.15) is 6.42 Å². The lowest BCUT2D eigenvalue weighted by molar-refractivity contribution is 0.557. The minimum absolute atomic E-state index is 0.667. The molecule has 28 nitrogen and oxygen atoms in total. The van der Waals surface area contributed by atoms with E-state index < -0.39 is 0 Å². The summed E-state index contributed by atoms with van der Waals surface area (Å²) in [6, 6.07) is 32.2. The summed E-state index contributed by atoms with van der Waals surface area (Å²) in [5.74, 6) is 0. The first-order chi connectivity index (χ1) is 44.5. The van der Waals surface area contributed by atoms with Gasteiger partial charge in [0.05, 0.1) is 75.5 Å². The molecular weight excluding hydrogens is 1170 g/mol. The second kappa shape index (κ2) is 71.7. The van der Waals surface area contributed by atoms with Crippen LogP contribution in [0.25, 0.3) is 0 Å². The van der Waals surface area contributed by atoms with Gasteiger partial charge in [0.25, 0.3) is 0 Å². The highest BCUT2D eigenvalue weighted by atomic mass is 32.1. The number of pyridine rings is 2. The van der Waals surface area contributed by atoms with Crippen molar-refractivity contribution in [1.82, 2.24) is 90.9 Å². The summed E-state index contributed by atoms with van der Waals surface area (Å²) in [6.45, 7) is 1.44. The maximum atomic E-state index is 4.58. The van der Waals surface area contributed by atoms with Crippen molar-refractivity contribution in [3.63, 3.8) is 0 Å². The number of furan rings is 2. The topological polar surface area (TPSA) is 370 Å². The van der Waals surface area contributed by atoms with Crippen molar-refractivity contribution in [2.24, 2.45) is 30.4 Å². The van der Waals surface area contributed by atoms with Crippen molar-refractivity contribution in [2.45, 2.75) is 6.42 Å². The van der Waals surface area contributed by atoms with Gasteiger partial charge in [0.15, 0.2) is 12.8 Å². The third-order valence-electron chi connectivity index (χ3n) is 7.33. The Balaban J connectivity index is 0.000000473. The van der Waals surface area contributed by atoms with Gasteiger partial charge in [-0.2, -0.15) is 47.2 Å². The molecule has 3 aliphatic heterocycles. The fourth-order valence-corrected chi connectivity index (χ4v) is 4.62. The Morgan fingerprint density at radius 3 is 1.11 bits per heavy atom. The monoisotopic (exact) mass is 1240 g/mol. The Kier molecular flexibility index (Phi) is 60.0. The number of hydrogen-bond donors (Lipinski definition) is 4. The number of aromatic nitrogens is 18. The maximum absolute atomic E-state index is 4.58. The Morgan fingerprint density at radius 2 is 0.955 bits per heavy atom. The Hall–Kier alpha value is -12.4. The summed E-state index contributed by atoms with van der Waals surface area (Å²) in [4.78, 5) is 42.6. The molecule has 3 aliphatic rings. The summed E-state index contributed by atoms with van der Waals surface area (Å²) in [6.07, 6.45) is 59.4. The van der Waals surface area contributed by atoms with E-state index in [4.69, 9.17) is 0 Å². The van der Waals surface area contributed by atoms with E-state index in [0.717, 1.165) is 13.0 Å². The van der Waals surface area contributed by atoms with Crippen LogP contribution in [0.3, 0.4) is 0 Å². The van der Waals surface area contributed by atoms with E-state index in [9.17, 15) is 0 Å². The van der Waals surface area contributed by atoms with Gasteiger partial charge in [0, 0.05) is 124 Å². The third-order valence-corrected chi connectivity index (χ3v) is 8.39. The van der Waals surface area contributed by atoms with E-state index >= 15 is 0 Å². The second-order valence-electron chi connectivity index (χ2n) is 13.7. The zero-order valence-corrected chi connectivity index (χ0v) is 49.5. The Bertz CT molecular complexity index is 2380. The van der Waals surface area contributed by atoms with E-state index in [0.29, 0.717) is 6.54 Å². The van der Waals surface area contributed by atoms with Crippen LogP contribution in [0.4, 0.5) is 0 Å². The van der Waals surface area contributed by atoms with Crippen molar-refractivity contribution in [3.05, 3.63) is 318 Å². The SMILES string of the molecule is C1=CN=CC1.C1=NC=NC1.C1=NN=NC1.c1c[nH]cn1.c1cc[nH]c1.c1ccncc1.c1ccncc1.c1ccnnc1.c1ccoc1.c1ccoc1.c1ccsc1.c1cn[nH]c1.c1cn[nH]n1.c1cnccn1.c1cocn1.c1cocn1.c1nncs1. The largest absolute Gasteiger partial charge is 0.473 e. The minimum atomic E-state index is 0.667. The van der Waals surface area contributed by atoms with Crippen molar-refractivity contribution < 1.29 is 17.7 Å². The molecule has 17 rings (SSSR count). The average Bonchev–Trinajstić information content (AvgIpc) is 4.44. The lowest BCUT2D eigenvalue weighted by atomic mass is 10.5. The van der Waals surface area contributed by atoms with Crippen molar-refractivity contribution in [3.8, 4) is 0 Å². The van der Waals surface area contributed by atoms with Crippen LogP contribution >= 0.6 is 22.7 Å². The van der Waals surface area contributed by atoms with E-state index in [1.165, 1.54) is 36.7 Å². The fourth-order valence-electron chi connectivity index (χ4n) is 3.90. The Labute approximate surface area is 521 Å². The molecule has 17 heterocycles. The number of rotatable bonds is 0. The number of nitrogens with one attached hydrogen (secondary N) is 4. The van der Waals surface area contributed by atoms with E-state index in [-0.39, 0.29) is 0 Å². The predicted octanol–water partition coefficient (Wildman–Crippen LogP) is 12.5. The smallest absolute Gasteiger partial charge is 0.180 e. The first-order valence-corrected chi connectivity index (χ1v) is 27.5. The van der Waals surface area contributed by atoms with Crippen molar-refractivity contribution in [1.29, 1.82) is 0 Å². The first-order valence-electron chi connectivity index (χ1n) is 25.6. The van der Waals surface area contributed by atoms with Gasteiger partial charge < -0.3 is 27.6 Å². The van der Waals surface area contributed by atoms with Gasteiger partial charge >= 0.3 is 0 Å². The number of oxazole rings is 2. The average molecular weight is 1240 g/mol. The Morgan fingerprint density at radius 1 is 0.371 bits per heavy atom. The molecule has 0 saturated heterocycles. The zero-order chi connectivity index (χ0) is 62.9. The van der Waals surface area contributed by atoms with Gasteiger partial charge in [-0.25, -0.2) is 19.9 Å². The number of nitrogens with zero attached hydrogens (tertiary/aromatic N) is 20. The molecule has 30 heteroatoms. The van der Waals surface area contributed by atoms with Crippen LogP contribution in [-0.2, 0) is 0 Å². The standard InChI is InChI=1S/2C5H5N.2C4H4N2.2C4H5N.2C4H4O.C4H4S.3C3H4N2.2C3H3NO.2C2H3N3.C2H2N2S/c2*1-2-4-6-5-3-1;1-2-6-4-3-5-1;1-2-4-6-5-3-1;5*1-2-4-5-3-1;2*1-2-5-3-4-1;1-2-4-5-3-1;2*1-2-5-3-4-1;2*1-2-4-5-3-1;1-3-4-2-5-1/h2*1-5H;2*1-4H;1,3-4H,2H2;1-5H;3*1-4H;1,3H,2H2;2*1-3H,(H,4,5);2*1-3H;1H,2H2;1-2H,(H,3,4,5);1-2H. The molecule has 458 valence electrons. The summed E-state index contributed by atoms with van der Waals surface area (Å²) in [5, 5.41) is 43.9. The highest BCUT2D eigenvalue weighted by Gasteiger charge is 1.76. The number of aromatic amines is 4. The molecule has 14 aromatic heterocycles. The molecule has 0 radical (unpaired) electrons. The normalized spacial score (nSPS) is 9.62. The van der Waals surface area contributed by atoms with E-state index in [1.54, 1.807) is 190 Å². The number of aliphatic imine (C=N–C) groups is 3. The number of hydrogen-bond acceptors (Lipinski definition) is 26. The molecule has 0 amide bonds. The molecule has 0 atom stereocenters. The molecule has 89 heavy (non-hydrogen) atoms. The van der Waals surface area contributed by atoms with Crippen LogP contribution in [0, 0.1) is 0 Å². The van der Waals surface area contributed by atoms with Crippen LogP contribution in [-0.4, -0.2) is 129 Å². The fraction of sp³-hybridized carbons (Fsp3) is 0.0508. The molecule has 14 aromatic rings. The van der Waals surface area contributed by atoms with Crippen LogP contribution in [0.5, 0.6) is 0 Å². The van der Waals surface area contributed by atoms with Crippen LogP contribution < -0.4 is 0 Å². The molecule has 0 aromatic carbocycles. The quantitative estimate of drug-likeness (QED) is 0.110. The first kappa shape index (κ1) is 74.6. The van der Waals surface area contributed by atoms with Crippen LogP contribution in [0.2, 0.25) is 0 Å².